The molecule has 0 spiro atoms. The van der Waals surface area contributed by atoms with Crippen molar-refractivity contribution in [1.82, 2.24) is 0 Å². The molecule has 0 bridgehead atoms. The first-order chi connectivity index (χ1) is 10.9. The molecule has 23 heavy (non-hydrogen) atoms. The minimum Gasteiger partial charge on any atom is -0.501 e. The predicted molar refractivity (Wildman–Crippen MR) is 91.7 cm³/mol. The smallest absolute Gasteiger partial charge is 0.164 e. The second kappa shape index (κ2) is 4.84. The first-order valence-electron chi connectivity index (χ1n) is 9.08. The van der Waals surface area contributed by atoms with E-state index >= 15 is 0 Å². The minimum atomic E-state index is -0.137. The molecule has 0 aromatic carbocycles. The average Bonchev–Trinajstić information content (AvgIpc) is 2.78. The van der Waals surface area contributed by atoms with Crippen molar-refractivity contribution in [2.45, 2.75) is 52.4 Å². The molecule has 4 aliphatic carbocycles. The molecule has 0 saturated heterocycles. The first kappa shape index (κ1) is 15.2. The van der Waals surface area contributed by atoms with Gasteiger partial charge < -0.3 is 4.74 Å². The Kier molecular flexibility index (Phi) is 3.21. The van der Waals surface area contributed by atoms with Crippen LogP contribution < -0.4 is 0 Å². The normalized spacial score (nSPS) is 45.6. The Hall–Kier alpha value is -1.31. The Labute approximate surface area is 139 Å². The van der Waals surface area contributed by atoms with Crippen molar-refractivity contribution in [3.05, 3.63) is 35.6 Å². The summed E-state index contributed by atoms with van der Waals surface area (Å²) in [6.45, 7) is 8.73. The van der Waals surface area contributed by atoms with Gasteiger partial charge in [0.15, 0.2) is 5.78 Å². The minimum absolute atomic E-state index is 0.137. The van der Waals surface area contributed by atoms with E-state index in [1.807, 2.05) is 0 Å². The standard InChI is InChI=1S/C21H28O2/c1-13-11-18-16-6-5-14-12-15(23-4)7-9-20(14,2)17(16)8-10-21(18,3)19(13)22/h5,12,16-18H,1,6-11H2,2-4H3/t16-,17+,18+,20+,21+/m1/s1. The van der Waals surface area contributed by atoms with Crippen LogP contribution in [-0.4, -0.2) is 12.9 Å². The Morgan fingerprint density at radius 3 is 2.74 bits per heavy atom. The Bertz CT molecular complexity index is 640. The summed E-state index contributed by atoms with van der Waals surface area (Å²) in [4.78, 5) is 12.6. The highest BCUT2D eigenvalue weighted by molar-refractivity contribution is 6.02. The second-order valence-electron chi connectivity index (χ2n) is 8.60. The molecule has 0 radical (unpaired) electrons. The number of hydrogen-bond acceptors (Lipinski definition) is 2. The van der Waals surface area contributed by atoms with Crippen LogP contribution in [0.3, 0.4) is 0 Å². The van der Waals surface area contributed by atoms with Crippen molar-refractivity contribution in [2.75, 3.05) is 7.11 Å². The van der Waals surface area contributed by atoms with Crippen LogP contribution in [0.25, 0.3) is 0 Å². The number of Topliss-reactive ketones (excluding diaryl/α,β-unsaturated/α-hetero) is 1. The third-order valence-corrected chi connectivity index (χ3v) is 7.69. The molecule has 0 aliphatic heterocycles. The number of carbonyl (C=O) groups is 1. The van der Waals surface area contributed by atoms with Crippen LogP contribution in [-0.2, 0) is 9.53 Å². The zero-order valence-electron chi connectivity index (χ0n) is 14.7. The molecule has 0 aromatic rings. The summed E-state index contributed by atoms with van der Waals surface area (Å²) in [5, 5.41) is 0. The second-order valence-corrected chi connectivity index (χ2v) is 8.60. The summed E-state index contributed by atoms with van der Waals surface area (Å²) >= 11 is 0. The lowest BCUT2D eigenvalue weighted by atomic mass is 9.49. The van der Waals surface area contributed by atoms with E-state index in [1.54, 1.807) is 7.11 Å². The highest BCUT2D eigenvalue weighted by Crippen LogP contribution is 2.64. The topological polar surface area (TPSA) is 26.3 Å². The molecule has 0 heterocycles. The third-order valence-electron chi connectivity index (χ3n) is 7.69. The van der Waals surface area contributed by atoms with E-state index in [4.69, 9.17) is 4.74 Å². The van der Waals surface area contributed by atoms with Gasteiger partial charge in [-0.3, -0.25) is 4.79 Å². The molecule has 2 nitrogen and oxygen atoms in total. The molecular formula is C21H28O2. The van der Waals surface area contributed by atoms with Crippen LogP contribution in [0, 0.1) is 28.6 Å². The van der Waals surface area contributed by atoms with Crippen LogP contribution in [0.2, 0.25) is 0 Å². The van der Waals surface area contributed by atoms with Gasteiger partial charge in [-0.25, -0.2) is 0 Å². The number of ether oxygens (including phenoxy) is 1. The van der Waals surface area contributed by atoms with Crippen LogP contribution in [0.4, 0.5) is 0 Å². The van der Waals surface area contributed by atoms with Crippen molar-refractivity contribution < 1.29 is 9.53 Å². The van der Waals surface area contributed by atoms with Crippen molar-refractivity contribution >= 4 is 5.78 Å². The molecule has 0 N–H and O–H groups in total. The maximum atomic E-state index is 12.6. The van der Waals surface area contributed by atoms with Crippen LogP contribution in [0.1, 0.15) is 52.4 Å². The maximum Gasteiger partial charge on any atom is 0.164 e. The molecule has 0 unspecified atom stereocenters. The van der Waals surface area contributed by atoms with Gasteiger partial charge in [-0.05, 0) is 72.5 Å². The zero-order chi connectivity index (χ0) is 16.4. The summed E-state index contributed by atoms with van der Waals surface area (Å²) in [6.07, 6.45) is 11.2. The van der Waals surface area contributed by atoms with Gasteiger partial charge in [-0.1, -0.05) is 26.5 Å². The number of carbonyl (C=O) groups excluding carboxylic acids is 1. The molecule has 124 valence electrons. The molecular weight excluding hydrogens is 284 g/mol. The zero-order valence-corrected chi connectivity index (χ0v) is 14.7. The van der Waals surface area contributed by atoms with E-state index in [-0.39, 0.29) is 10.8 Å². The van der Waals surface area contributed by atoms with Gasteiger partial charge in [0.1, 0.15) is 0 Å². The van der Waals surface area contributed by atoms with Gasteiger partial charge in [0, 0.05) is 11.8 Å². The van der Waals surface area contributed by atoms with E-state index < -0.39 is 0 Å². The highest BCUT2D eigenvalue weighted by Gasteiger charge is 2.59. The molecule has 0 aromatic heterocycles. The van der Waals surface area contributed by atoms with Gasteiger partial charge in [0.05, 0.1) is 12.9 Å². The summed E-state index contributed by atoms with van der Waals surface area (Å²) in [6, 6.07) is 0. The number of ketones is 1. The number of rotatable bonds is 1. The van der Waals surface area contributed by atoms with Gasteiger partial charge in [-0.15, -0.1) is 0 Å². The lowest BCUT2D eigenvalue weighted by molar-refractivity contribution is -0.129. The predicted octanol–water partition coefficient (Wildman–Crippen LogP) is 4.82. The highest BCUT2D eigenvalue weighted by atomic mass is 16.5. The summed E-state index contributed by atoms with van der Waals surface area (Å²) in [5.41, 5.74) is 2.48. The molecule has 2 heteroatoms. The third kappa shape index (κ3) is 1.90. The first-order valence-corrected chi connectivity index (χ1v) is 9.08. The number of methoxy groups -OCH3 is 1. The van der Waals surface area contributed by atoms with Gasteiger partial charge in [0.2, 0.25) is 0 Å². The van der Waals surface area contributed by atoms with E-state index in [9.17, 15) is 4.79 Å². The molecule has 2 fully saturated rings. The van der Waals surface area contributed by atoms with Crippen molar-refractivity contribution in [3.8, 4) is 0 Å². The Morgan fingerprint density at radius 2 is 2.00 bits per heavy atom. The van der Waals surface area contributed by atoms with Gasteiger partial charge in [0.25, 0.3) is 0 Å². The number of fused-ring (bicyclic) bond motifs is 5. The van der Waals surface area contributed by atoms with Gasteiger partial charge in [-0.2, -0.15) is 0 Å². The van der Waals surface area contributed by atoms with E-state index in [0.29, 0.717) is 23.5 Å². The molecule has 4 rings (SSSR count). The summed E-state index contributed by atoms with van der Waals surface area (Å²) < 4.78 is 5.50. The Morgan fingerprint density at radius 1 is 1.22 bits per heavy atom. The van der Waals surface area contributed by atoms with Gasteiger partial charge >= 0.3 is 0 Å². The largest absolute Gasteiger partial charge is 0.501 e. The van der Waals surface area contributed by atoms with Crippen molar-refractivity contribution in [1.29, 1.82) is 0 Å². The average molecular weight is 312 g/mol. The molecule has 0 amide bonds. The van der Waals surface area contributed by atoms with E-state index in [0.717, 1.165) is 37.0 Å². The van der Waals surface area contributed by atoms with Crippen LogP contribution >= 0.6 is 0 Å². The fourth-order valence-electron chi connectivity index (χ4n) is 6.20. The van der Waals surface area contributed by atoms with E-state index in [2.05, 4.69) is 32.6 Å². The Balaban J connectivity index is 1.72. The maximum absolute atomic E-state index is 12.6. The quantitative estimate of drug-likeness (QED) is 0.649. The molecule has 2 saturated carbocycles. The lowest BCUT2D eigenvalue weighted by Gasteiger charge is -2.55. The van der Waals surface area contributed by atoms with E-state index in [1.165, 1.54) is 18.4 Å². The van der Waals surface area contributed by atoms with Crippen LogP contribution in [0.15, 0.2) is 35.6 Å². The fourth-order valence-corrected chi connectivity index (χ4v) is 6.20. The summed E-state index contributed by atoms with van der Waals surface area (Å²) in [5.74, 6) is 3.32. The van der Waals surface area contributed by atoms with Crippen LogP contribution in [0.5, 0.6) is 0 Å². The lowest BCUT2D eigenvalue weighted by Crippen LogP contribution is -2.49. The number of allylic oxidation sites excluding steroid dienone is 5. The number of hydrogen-bond donors (Lipinski definition) is 0. The molecule has 5 atom stereocenters. The van der Waals surface area contributed by atoms with Crippen molar-refractivity contribution in [2.24, 2.45) is 28.6 Å². The fraction of sp³-hybridized carbons (Fsp3) is 0.667. The SMILES string of the molecule is C=C1C[C@H]2[C@@H]3CC=C4C=C(OC)CC[C@]4(C)[C@H]3CC[C@]2(C)C1=O. The molecule has 4 aliphatic rings. The summed E-state index contributed by atoms with van der Waals surface area (Å²) in [7, 11) is 1.78. The van der Waals surface area contributed by atoms with Crippen molar-refractivity contribution in [3.63, 3.8) is 0 Å². The monoisotopic (exact) mass is 312 g/mol.